The Morgan fingerprint density at radius 2 is 1.73 bits per heavy atom. The Bertz CT molecular complexity index is 673. The fourth-order valence-electron chi connectivity index (χ4n) is 2.83. The zero-order valence-electron chi connectivity index (χ0n) is 16.1. The number of carbonyl (C=O) groups excluding carboxylic acids is 3. The summed E-state index contributed by atoms with van der Waals surface area (Å²) in [5.74, 6) is -0.554. The van der Waals surface area contributed by atoms with E-state index in [1.165, 1.54) is 0 Å². The number of para-hydroxylation sites is 1. The highest BCUT2D eigenvalue weighted by atomic mass is 16.2. The molecule has 1 aliphatic heterocycles. The van der Waals surface area contributed by atoms with E-state index in [0.29, 0.717) is 17.7 Å². The molecule has 142 valence electrons. The van der Waals surface area contributed by atoms with Crippen molar-refractivity contribution in [3.05, 3.63) is 29.8 Å². The lowest BCUT2D eigenvalue weighted by molar-refractivity contribution is -0.132. The Balaban J connectivity index is 2.13. The maximum atomic E-state index is 12.8. The van der Waals surface area contributed by atoms with Crippen LogP contribution in [0.4, 0.5) is 5.69 Å². The predicted molar refractivity (Wildman–Crippen MR) is 102 cm³/mol. The molecule has 0 bridgehead atoms. The lowest BCUT2D eigenvalue weighted by Crippen LogP contribution is -2.47. The van der Waals surface area contributed by atoms with E-state index in [1.807, 2.05) is 32.6 Å². The number of likely N-dealkylation sites (tertiary alicyclic amines) is 1. The number of benzene rings is 1. The summed E-state index contributed by atoms with van der Waals surface area (Å²) in [5.41, 5.74) is 0.243. The monoisotopic (exact) mass is 359 g/mol. The molecule has 1 atom stereocenters. The van der Waals surface area contributed by atoms with E-state index >= 15 is 0 Å². The molecule has 0 unspecified atom stereocenters. The first-order valence-electron chi connectivity index (χ1n) is 9.24. The van der Waals surface area contributed by atoms with Gasteiger partial charge in [0.2, 0.25) is 11.8 Å². The van der Waals surface area contributed by atoms with Crippen LogP contribution in [0.2, 0.25) is 0 Å². The molecule has 0 saturated carbocycles. The summed E-state index contributed by atoms with van der Waals surface area (Å²) < 4.78 is 0. The van der Waals surface area contributed by atoms with Gasteiger partial charge in [0.05, 0.1) is 11.3 Å². The zero-order chi connectivity index (χ0) is 19.3. The molecule has 1 fully saturated rings. The van der Waals surface area contributed by atoms with Gasteiger partial charge in [-0.3, -0.25) is 14.4 Å². The van der Waals surface area contributed by atoms with Gasteiger partial charge in [0.1, 0.15) is 6.04 Å². The highest BCUT2D eigenvalue weighted by Gasteiger charge is 2.28. The lowest BCUT2D eigenvalue weighted by atomic mass is 9.95. The molecule has 0 aromatic heterocycles. The second kappa shape index (κ2) is 8.34. The summed E-state index contributed by atoms with van der Waals surface area (Å²) in [6, 6.07) is 6.31. The van der Waals surface area contributed by atoms with Crippen molar-refractivity contribution >= 4 is 23.4 Å². The van der Waals surface area contributed by atoms with Gasteiger partial charge in [0, 0.05) is 18.5 Å². The number of nitrogens with one attached hydrogen (secondary N) is 2. The first-order valence-corrected chi connectivity index (χ1v) is 9.24. The SMILES string of the molecule is CC[C@@H](NC(=O)c1ccccc1NC(=O)C(C)(C)C)C(=O)N1CCCC1. The number of carbonyl (C=O) groups is 3. The van der Waals surface area contributed by atoms with E-state index in [-0.39, 0.29) is 17.7 Å². The van der Waals surface area contributed by atoms with Crippen LogP contribution in [0, 0.1) is 5.41 Å². The van der Waals surface area contributed by atoms with Crippen LogP contribution in [0.5, 0.6) is 0 Å². The van der Waals surface area contributed by atoms with Crippen molar-refractivity contribution in [3.63, 3.8) is 0 Å². The van der Waals surface area contributed by atoms with E-state index in [0.717, 1.165) is 25.9 Å². The Hall–Kier alpha value is -2.37. The number of rotatable bonds is 5. The molecular formula is C20H29N3O3. The summed E-state index contributed by atoms with van der Waals surface area (Å²) in [6.07, 6.45) is 2.55. The summed E-state index contributed by atoms with van der Waals surface area (Å²) >= 11 is 0. The van der Waals surface area contributed by atoms with Crippen molar-refractivity contribution in [1.29, 1.82) is 0 Å². The van der Waals surface area contributed by atoms with Gasteiger partial charge in [0.25, 0.3) is 5.91 Å². The molecule has 6 nitrogen and oxygen atoms in total. The second-order valence-electron chi connectivity index (χ2n) is 7.72. The van der Waals surface area contributed by atoms with Gasteiger partial charge in [-0.25, -0.2) is 0 Å². The minimum absolute atomic E-state index is 0.0328. The third-order valence-corrected chi connectivity index (χ3v) is 4.53. The predicted octanol–water partition coefficient (Wildman–Crippen LogP) is 2.80. The normalized spacial score (nSPS) is 15.5. The van der Waals surface area contributed by atoms with Gasteiger partial charge >= 0.3 is 0 Å². The second-order valence-corrected chi connectivity index (χ2v) is 7.72. The van der Waals surface area contributed by atoms with Gasteiger partial charge in [-0.05, 0) is 31.4 Å². The fourth-order valence-corrected chi connectivity index (χ4v) is 2.83. The minimum atomic E-state index is -0.568. The smallest absolute Gasteiger partial charge is 0.254 e. The first-order chi connectivity index (χ1) is 12.2. The number of amides is 3. The van der Waals surface area contributed by atoms with Crippen LogP contribution in [0.15, 0.2) is 24.3 Å². The minimum Gasteiger partial charge on any atom is -0.341 e. The van der Waals surface area contributed by atoms with Crippen LogP contribution in [-0.2, 0) is 9.59 Å². The molecule has 2 rings (SSSR count). The van der Waals surface area contributed by atoms with Crippen molar-refractivity contribution in [2.24, 2.45) is 5.41 Å². The van der Waals surface area contributed by atoms with Crippen molar-refractivity contribution in [2.45, 2.75) is 53.0 Å². The Morgan fingerprint density at radius 3 is 2.31 bits per heavy atom. The average molecular weight is 359 g/mol. The standard InChI is InChI=1S/C20H29N3O3/c1-5-15(18(25)23-12-8-9-13-23)21-17(24)14-10-6-7-11-16(14)22-19(26)20(2,3)4/h6-7,10-11,15H,5,8-9,12-13H2,1-4H3,(H,21,24)(H,22,26)/t15-/m1/s1. The molecule has 1 aromatic carbocycles. The van der Waals surface area contributed by atoms with E-state index in [2.05, 4.69) is 10.6 Å². The molecule has 1 aliphatic rings. The van der Waals surface area contributed by atoms with Crippen LogP contribution < -0.4 is 10.6 Å². The third kappa shape index (κ3) is 4.84. The molecule has 0 radical (unpaired) electrons. The lowest BCUT2D eigenvalue weighted by Gasteiger charge is -2.24. The summed E-state index contributed by atoms with van der Waals surface area (Å²) in [4.78, 5) is 39.4. The average Bonchev–Trinajstić information content (AvgIpc) is 3.13. The largest absolute Gasteiger partial charge is 0.341 e. The van der Waals surface area contributed by atoms with Crippen molar-refractivity contribution in [3.8, 4) is 0 Å². The van der Waals surface area contributed by atoms with Gasteiger partial charge < -0.3 is 15.5 Å². The van der Waals surface area contributed by atoms with Crippen molar-refractivity contribution in [2.75, 3.05) is 18.4 Å². The third-order valence-electron chi connectivity index (χ3n) is 4.53. The molecule has 2 N–H and O–H groups in total. The van der Waals surface area contributed by atoms with E-state index in [9.17, 15) is 14.4 Å². The van der Waals surface area contributed by atoms with E-state index < -0.39 is 11.5 Å². The molecule has 1 saturated heterocycles. The van der Waals surface area contributed by atoms with E-state index in [1.54, 1.807) is 24.3 Å². The van der Waals surface area contributed by atoms with Gasteiger partial charge in [0.15, 0.2) is 0 Å². The summed E-state index contributed by atoms with van der Waals surface area (Å²) in [5, 5.41) is 5.64. The number of hydrogen-bond acceptors (Lipinski definition) is 3. The summed E-state index contributed by atoms with van der Waals surface area (Å²) in [7, 11) is 0. The van der Waals surface area contributed by atoms with Crippen molar-refractivity contribution < 1.29 is 14.4 Å². The van der Waals surface area contributed by atoms with E-state index in [4.69, 9.17) is 0 Å². The number of anilines is 1. The zero-order valence-corrected chi connectivity index (χ0v) is 16.1. The summed E-state index contributed by atoms with van der Waals surface area (Å²) in [6.45, 7) is 8.83. The Labute approximate surface area is 155 Å². The van der Waals surface area contributed by atoms with Crippen LogP contribution >= 0.6 is 0 Å². The Kier molecular flexibility index (Phi) is 6.40. The van der Waals surface area contributed by atoms with Crippen molar-refractivity contribution in [1.82, 2.24) is 10.2 Å². The van der Waals surface area contributed by atoms with Crippen LogP contribution in [0.1, 0.15) is 57.3 Å². The van der Waals surface area contributed by atoms with Gasteiger partial charge in [-0.2, -0.15) is 0 Å². The molecule has 6 heteroatoms. The molecule has 1 aromatic rings. The van der Waals surface area contributed by atoms with Crippen LogP contribution in [0.25, 0.3) is 0 Å². The maximum absolute atomic E-state index is 12.8. The number of nitrogens with zero attached hydrogens (tertiary/aromatic N) is 1. The maximum Gasteiger partial charge on any atom is 0.254 e. The highest BCUT2D eigenvalue weighted by molar-refractivity contribution is 6.05. The Morgan fingerprint density at radius 1 is 1.12 bits per heavy atom. The quantitative estimate of drug-likeness (QED) is 0.848. The van der Waals surface area contributed by atoms with Crippen LogP contribution in [-0.4, -0.2) is 41.8 Å². The van der Waals surface area contributed by atoms with Gasteiger partial charge in [-0.1, -0.05) is 39.8 Å². The molecule has 0 spiro atoms. The molecular weight excluding hydrogens is 330 g/mol. The molecule has 1 heterocycles. The highest BCUT2D eigenvalue weighted by Crippen LogP contribution is 2.21. The van der Waals surface area contributed by atoms with Crippen LogP contribution in [0.3, 0.4) is 0 Å². The molecule has 26 heavy (non-hydrogen) atoms. The van der Waals surface area contributed by atoms with Gasteiger partial charge in [-0.15, -0.1) is 0 Å². The molecule has 0 aliphatic carbocycles. The molecule has 3 amide bonds. The number of hydrogen-bond donors (Lipinski definition) is 2. The topological polar surface area (TPSA) is 78.5 Å². The first kappa shape index (κ1) is 19.9. The fraction of sp³-hybridized carbons (Fsp3) is 0.550.